The predicted molar refractivity (Wildman–Crippen MR) is 75.9 cm³/mol. The molecule has 0 saturated carbocycles. The number of amides is 2. The van der Waals surface area contributed by atoms with Crippen LogP contribution in [0.3, 0.4) is 0 Å². The lowest BCUT2D eigenvalue weighted by atomic mass is 10.1. The standard InChI is InChI=1S/C13H12ClN3O4/c14-7-5-10-11(21-4-3-20-10)6-9(7)15-13(19)8-1-2-12(18)17-16-8/h5-6H,1-4H2,(H,15,19)(H,17,18). The Balaban J connectivity index is 1.78. The highest BCUT2D eigenvalue weighted by atomic mass is 35.5. The van der Waals surface area contributed by atoms with Crippen molar-refractivity contribution in [1.29, 1.82) is 0 Å². The lowest BCUT2D eigenvalue weighted by molar-refractivity contribution is -0.121. The summed E-state index contributed by atoms with van der Waals surface area (Å²) in [4.78, 5) is 23.1. The molecule has 110 valence electrons. The summed E-state index contributed by atoms with van der Waals surface area (Å²) in [5.74, 6) is 0.462. The van der Waals surface area contributed by atoms with Crippen LogP contribution in [0, 0.1) is 0 Å². The molecule has 1 aromatic rings. The summed E-state index contributed by atoms with van der Waals surface area (Å²) in [6.45, 7) is 0.909. The van der Waals surface area contributed by atoms with Crippen molar-refractivity contribution in [2.45, 2.75) is 12.8 Å². The van der Waals surface area contributed by atoms with Gasteiger partial charge in [0.25, 0.3) is 5.91 Å². The fraction of sp³-hybridized carbons (Fsp3) is 0.308. The summed E-state index contributed by atoms with van der Waals surface area (Å²) >= 11 is 6.11. The Kier molecular flexibility index (Phi) is 3.66. The van der Waals surface area contributed by atoms with Gasteiger partial charge in [0.05, 0.1) is 10.7 Å². The number of benzene rings is 1. The van der Waals surface area contributed by atoms with E-state index in [1.165, 1.54) is 0 Å². The molecule has 21 heavy (non-hydrogen) atoms. The number of hydrazone groups is 1. The minimum Gasteiger partial charge on any atom is -0.486 e. The highest BCUT2D eigenvalue weighted by Gasteiger charge is 2.21. The van der Waals surface area contributed by atoms with Gasteiger partial charge < -0.3 is 14.8 Å². The third-order valence-electron chi connectivity index (χ3n) is 3.05. The Labute approximate surface area is 125 Å². The van der Waals surface area contributed by atoms with Crippen molar-refractivity contribution < 1.29 is 19.1 Å². The Bertz CT molecular complexity index is 645. The molecule has 2 amide bonds. The molecule has 0 spiro atoms. The zero-order valence-electron chi connectivity index (χ0n) is 10.9. The van der Waals surface area contributed by atoms with Crippen molar-refractivity contribution in [1.82, 2.24) is 5.43 Å². The van der Waals surface area contributed by atoms with Gasteiger partial charge in [0.15, 0.2) is 11.5 Å². The van der Waals surface area contributed by atoms with Crippen LogP contribution in [0.2, 0.25) is 5.02 Å². The third kappa shape index (κ3) is 2.92. The lowest BCUT2D eigenvalue weighted by Crippen LogP contribution is -2.32. The fourth-order valence-electron chi connectivity index (χ4n) is 1.99. The van der Waals surface area contributed by atoms with E-state index in [9.17, 15) is 9.59 Å². The van der Waals surface area contributed by atoms with E-state index < -0.39 is 5.91 Å². The molecular weight excluding hydrogens is 298 g/mol. The molecule has 8 heteroatoms. The second kappa shape index (κ2) is 5.61. The molecule has 3 rings (SSSR count). The quantitative estimate of drug-likeness (QED) is 0.862. The predicted octanol–water partition coefficient (Wildman–Crippen LogP) is 1.32. The van der Waals surface area contributed by atoms with Gasteiger partial charge in [-0.3, -0.25) is 9.59 Å². The van der Waals surface area contributed by atoms with Gasteiger partial charge >= 0.3 is 0 Å². The fourth-order valence-corrected chi connectivity index (χ4v) is 2.19. The number of nitrogens with one attached hydrogen (secondary N) is 2. The van der Waals surface area contributed by atoms with E-state index in [4.69, 9.17) is 21.1 Å². The van der Waals surface area contributed by atoms with E-state index in [0.29, 0.717) is 41.8 Å². The Morgan fingerprint density at radius 2 is 1.95 bits per heavy atom. The number of ether oxygens (including phenoxy) is 2. The van der Waals surface area contributed by atoms with Crippen LogP contribution in [0.25, 0.3) is 0 Å². The first-order chi connectivity index (χ1) is 10.1. The van der Waals surface area contributed by atoms with Gasteiger partial charge in [-0.15, -0.1) is 0 Å². The number of hydrogen-bond donors (Lipinski definition) is 2. The average Bonchev–Trinajstić information content (AvgIpc) is 2.48. The number of carbonyl (C=O) groups is 2. The van der Waals surface area contributed by atoms with Crippen LogP contribution in [0.1, 0.15) is 12.8 Å². The maximum Gasteiger partial charge on any atom is 0.271 e. The Morgan fingerprint density at radius 1 is 1.24 bits per heavy atom. The van der Waals surface area contributed by atoms with Crippen molar-refractivity contribution in [3.8, 4) is 11.5 Å². The van der Waals surface area contributed by atoms with Crippen LogP contribution in [0.5, 0.6) is 11.5 Å². The summed E-state index contributed by atoms with van der Waals surface area (Å²) < 4.78 is 10.8. The first kappa shape index (κ1) is 13.7. The Hall–Kier alpha value is -2.28. The molecule has 7 nitrogen and oxygen atoms in total. The smallest absolute Gasteiger partial charge is 0.271 e. The molecule has 0 aliphatic carbocycles. The number of anilines is 1. The highest BCUT2D eigenvalue weighted by molar-refractivity contribution is 6.44. The topological polar surface area (TPSA) is 89.0 Å². The minimum atomic E-state index is -0.409. The second-order valence-electron chi connectivity index (χ2n) is 4.52. The van der Waals surface area contributed by atoms with Crippen LogP contribution in [0.4, 0.5) is 5.69 Å². The second-order valence-corrected chi connectivity index (χ2v) is 4.93. The van der Waals surface area contributed by atoms with E-state index in [2.05, 4.69) is 15.8 Å². The number of fused-ring (bicyclic) bond motifs is 1. The molecule has 2 aliphatic rings. The molecule has 0 bridgehead atoms. The van der Waals surface area contributed by atoms with Gasteiger partial charge in [0, 0.05) is 25.0 Å². The first-order valence-electron chi connectivity index (χ1n) is 6.39. The molecule has 0 aromatic heterocycles. The van der Waals surface area contributed by atoms with E-state index in [1.54, 1.807) is 12.1 Å². The van der Waals surface area contributed by atoms with Crippen LogP contribution < -0.4 is 20.2 Å². The largest absolute Gasteiger partial charge is 0.486 e. The third-order valence-corrected chi connectivity index (χ3v) is 3.36. The van der Waals surface area contributed by atoms with Crippen molar-refractivity contribution >= 4 is 34.8 Å². The summed E-state index contributed by atoms with van der Waals surface area (Å²) in [5, 5.41) is 6.73. The molecular formula is C13H12ClN3O4. The highest BCUT2D eigenvalue weighted by Crippen LogP contribution is 2.37. The molecule has 2 heterocycles. The van der Waals surface area contributed by atoms with Crippen LogP contribution in [-0.2, 0) is 9.59 Å². The molecule has 0 unspecified atom stereocenters. The minimum absolute atomic E-state index is 0.205. The van der Waals surface area contributed by atoms with Crippen LogP contribution in [0.15, 0.2) is 17.2 Å². The zero-order valence-corrected chi connectivity index (χ0v) is 11.7. The average molecular weight is 310 g/mol. The molecule has 0 atom stereocenters. The van der Waals surface area contributed by atoms with E-state index in [0.717, 1.165) is 0 Å². The number of nitrogens with zero attached hydrogens (tertiary/aromatic N) is 1. The molecule has 2 aliphatic heterocycles. The molecule has 0 radical (unpaired) electrons. The summed E-state index contributed by atoms with van der Waals surface area (Å²) in [6, 6.07) is 3.20. The van der Waals surface area contributed by atoms with Gasteiger partial charge in [0.2, 0.25) is 5.91 Å². The van der Waals surface area contributed by atoms with E-state index in [-0.39, 0.29) is 18.0 Å². The SMILES string of the molecule is O=C1CCC(C(=O)Nc2cc3c(cc2Cl)OCCO3)=NN1. The molecule has 0 saturated heterocycles. The number of rotatable bonds is 2. The van der Waals surface area contributed by atoms with Gasteiger partial charge in [-0.25, -0.2) is 5.43 Å². The summed E-state index contributed by atoms with van der Waals surface area (Å²) in [6.07, 6.45) is 0.529. The van der Waals surface area contributed by atoms with E-state index >= 15 is 0 Å². The zero-order chi connectivity index (χ0) is 14.8. The number of carbonyl (C=O) groups excluding carboxylic acids is 2. The maximum atomic E-state index is 12.1. The van der Waals surface area contributed by atoms with Gasteiger partial charge in [-0.05, 0) is 0 Å². The maximum absolute atomic E-state index is 12.1. The van der Waals surface area contributed by atoms with Crippen molar-refractivity contribution in [2.24, 2.45) is 5.10 Å². The van der Waals surface area contributed by atoms with Gasteiger partial charge in [0.1, 0.15) is 18.9 Å². The summed E-state index contributed by atoms with van der Waals surface area (Å²) in [7, 11) is 0. The molecule has 0 fully saturated rings. The van der Waals surface area contributed by atoms with Gasteiger partial charge in [-0.1, -0.05) is 11.6 Å². The van der Waals surface area contributed by atoms with Crippen molar-refractivity contribution in [3.63, 3.8) is 0 Å². The van der Waals surface area contributed by atoms with Crippen LogP contribution in [-0.4, -0.2) is 30.7 Å². The van der Waals surface area contributed by atoms with Crippen molar-refractivity contribution in [3.05, 3.63) is 17.2 Å². The normalized spacial score (nSPS) is 16.8. The van der Waals surface area contributed by atoms with Crippen molar-refractivity contribution in [2.75, 3.05) is 18.5 Å². The lowest BCUT2D eigenvalue weighted by Gasteiger charge is -2.20. The monoisotopic (exact) mass is 309 g/mol. The summed E-state index contributed by atoms with van der Waals surface area (Å²) in [5.41, 5.74) is 2.93. The number of halogens is 1. The van der Waals surface area contributed by atoms with Gasteiger partial charge in [-0.2, -0.15) is 5.10 Å². The van der Waals surface area contributed by atoms with Crippen LogP contribution >= 0.6 is 11.6 Å². The number of hydrogen-bond acceptors (Lipinski definition) is 5. The molecule has 2 N–H and O–H groups in total. The first-order valence-corrected chi connectivity index (χ1v) is 6.77. The van der Waals surface area contributed by atoms with E-state index in [1.807, 2.05) is 0 Å². The Morgan fingerprint density at radius 3 is 2.62 bits per heavy atom. The molecule has 1 aromatic carbocycles.